The Bertz CT molecular complexity index is 1250. The first kappa shape index (κ1) is 19.6. The Morgan fingerprint density at radius 3 is 1.83 bits per heavy atom. The van der Waals surface area contributed by atoms with Crippen LogP contribution < -0.4 is 0 Å². The zero-order valence-electron chi connectivity index (χ0n) is 17.2. The molecule has 4 aromatic rings. The number of benzene rings is 4. The van der Waals surface area contributed by atoms with Crippen LogP contribution in [0.5, 0.6) is 0 Å². The van der Waals surface area contributed by atoms with Crippen LogP contribution in [0.2, 0.25) is 0 Å². The maximum atomic E-state index is 2.48. The molecule has 0 fully saturated rings. The van der Waals surface area contributed by atoms with Crippen molar-refractivity contribution in [1.29, 1.82) is 0 Å². The third kappa shape index (κ3) is 3.03. The Kier molecular flexibility index (Phi) is 5.04. The van der Waals surface area contributed by atoms with Gasteiger partial charge in [0.25, 0.3) is 0 Å². The van der Waals surface area contributed by atoms with E-state index in [1.807, 2.05) is 0 Å². The monoisotopic (exact) mass is 461 g/mol. The van der Waals surface area contributed by atoms with Gasteiger partial charge in [0, 0.05) is 26.2 Å². The molecule has 2 aliphatic carbocycles. The van der Waals surface area contributed by atoms with E-state index in [2.05, 4.69) is 98.3 Å². The van der Waals surface area contributed by atoms with Crippen molar-refractivity contribution in [1.82, 2.24) is 0 Å². The summed E-state index contributed by atoms with van der Waals surface area (Å²) in [6.07, 6.45) is 4.57. The molecule has 0 spiro atoms. The Hall–Kier alpha value is -2.37. The zero-order valence-corrected chi connectivity index (χ0v) is 19.6. The topological polar surface area (TPSA) is 0 Å². The Labute approximate surface area is 198 Å². The average Bonchev–Trinajstić information content (AvgIpc) is 3.32. The molecule has 0 saturated heterocycles. The SMILES string of the molecule is CC([CH-]c1cccc2c1Cc1ccccc1-2)c1cccc2c1Cc1ccccc1-2.[Zr]. The number of hydrogen-bond donors (Lipinski definition) is 0. The Morgan fingerprint density at radius 2 is 1.13 bits per heavy atom. The van der Waals surface area contributed by atoms with Gasteiger partial charge in [0.2, 0.25) is 0 Å². The van der Waals surface area contributed by atoms with Gasteiger partial charge in [-0.1, -0.05) is 85.3 Å². The van der Waals surface area contributed by atoms with Crippen LogP contribution in [0.3, 0.4) is 0 Å². The first-order valence-electron chi connectivity index (χ1n) is 10.5. The van der Waals surface area contributed by atoms with E-state index in [1.54, 1.807) is 0 Å². The fourth-order valence-corrected chi connectivity index (χ4v) is 5.31. The summed E-state index contributed by atoms with van der Waals surface area (Å²) >= 11 is 0. The third-order valence-corrected chi connectivity index (χ3v) is 6.69. The van der Waals surface area contributed by atoms with E-state index >= 15 is 0 Å². The van der Waals surface area contributed by atoms with E-state index in [0.717, 1.165) is 12.8 Å². The molecule has 2 aliphatic rings. The van der Waals surface area contributed by atoms with Crippen LogP contribution in [-0.4, -0.2) is 0 Å². The van der Waals surface area contributed by atoms with E-state index in [-0.39, 0.29) is 26.2 Å². The fourth-order valence-electron chi connectivity index (χ4n) is 5.31. The number of rotatable bonds is 3. The van der Waals surface area contributed by atoms with Crippen LogP contribution in [0.25, 0.3) is 22.3 Å². The quantitative estimate of drug-likeness (QED) is 0.244. The summed E-state index contributed by atoms with van der Waals surface area (Å²) in [6.45, 7) is 2.35. The van der Waals surface area contributed by atoms with Crippen LogP contribution in [0.1, 0.15) is 46.2 Å². The first-order valence-corrected chi connectivity index (χ1v) is 10.5. The predicted octanol–water partition coefficient (Wildman–Crippen LogP) is 7.18. The molecule has 1 atom stereocenters. The van der Waals surface area contributed by atoms with Crippen molar-refractivity contribution in [2.24, 2.45) is 0 Å². The second-order valence-corrected chi connectivity index (χ2v) is 8.37. The maximum Gasteiger partial charge on any atom is 0 e. The molecular formula is C29H23Zr-. The minimum absolute atomic E-state index is 0. The van der Waals surface area contributed by atoms with Gasteiger partial charge in [-0.15, -0.1) is 11.6 Å². The van der Waals surface area contributed by atoms with Crippen molar-refractivity contribution in [3.63, 3.8) is 0 Å². The van der Waals surface area contributed by atoms with Crippen LogP contribution >= 0.6 is 0 Å². The molecule has 0 amide bonds. The molecule has 4 aromatic carbocycles. The Balaban J connectivity index is 0.00000193. The van der Waals surface area contributed by atoms with Gasteiger partial charge in [-0.05, 0) is 57.7 Å². The molecule has 30 heavy (non-hydrogen) atoms. The molecule has 6 rings (SSSR count). The summed E-state index contributed by atoms with van der Waals surface area (Å²) < 4.78 is 0. The molecule has 0 saturated carbocycles. The van der Waals surface area contributed by atoms with E-state index < -0.39 is 0 Å². The number of hydrogen-bond acceptors (Lipinski definition) is 0. The molecule has 0 aromatic heterocycles. The van der Waals surface area contributed by atoms with Gasteiger partial charge in [-0.2, -0.15) is 18.1 Å². The van der Waals surface area contributed by atoms with E-state index in [9.17, 15) is 0 Å². The smallest absolute Gasteiger partial charge is 0 e. The molecule has 0 N–H and O–H groups in total. The molecular weight excluding hydrogens is 440 g/mol. The summed E-state index contributed by atoms with van der Waals surface area (Å²) in [4.78, 5) is 0. The normalized spacial score (nSPS) is 13.5. The van der Waals surface area contributed by atoms with Crippen molar-refractivity contribution < 1.29 is 26.2 Å². The summed E-state index contributed by atoms with van der Waals surface area (Å²) in [5.41, 5.74) is 14.4. The van der Waals surface area contributed by atoms with Gasteiger partial charge < -0.3 is 0 Å². The van der Waals surface area contributed by atoms with Crippen molar-refractivity contribution in [2.75, 3.05) is 0 Å². The van der Waals surface area contributed by atoms with Crippen LogP contribution in [0.15, 0.2) is 84.9 Å². The molecule has 1 unspecified atom stereocenters. The molecule has 0 heterocycles. The summed E-state index contributed by atoms with van der Waals surface area (Å²) in [6, 6.07) is 31.3. The van der Waals surface area contributed by atoms with Crippen LogP contribution in [0.4, 0.5) is 0 Å². The standard InChI is InChI=1S/C29H23.Zr/c1-19(23-13-7-15-27-25-12-5-3-9-22(25)18-29(23)27)16-20-10-6-14-26-24-11-4-2-8-21(24)17-28(20)26;/h2-16,19H,17-18H2,1H3;/q-1;. The first-order chi connectivity index (χ1) is 14.3. The van der Waals surface area contributed by atoms with Gasteiger partial charge in [0.1, 0.15) is 0 Å². The van der Waals surface area contributed by atoms with Gasteiger partial charge in [-0.25, -0.2) is 0 Å². The fraction of sp³-hybridized carbons (Fsp3) is 0.138. The minimum atomic E-state index is 0. The van der Waals surface area contributed by atoms with Crippen molar-refractivity contribution in [2.45, 2.75) is 25.7 Å². The molecule has 0 bridgehead atoms. The van der Waals surface area contributed by atoms with Crippen molar-refractivity contribution >= 4 is 0 Å². The van der Waals surface area contributed by atoms with Crippen LogP contribution in [-0.2, 0) is 39.0 Å². The molecule has 0 aliphatic heterocycles. The molecule has 144 valence electrons. The second-order valence-electron chi connectivity index (χ2n) is 8.37. The second kappa shape index (κ2) is 7.71. The van der Waals surface area contributed by atoms with Crippen LogP contribution in [0, 0.1) is 6.42 Å². The molecule has 1 heteroatoms. The summed E-state index contributed by atoms with van der Waals surface area (Å²) in [7, 11) is 0. The summed E-state index contributed by atoms with van der Waals surface area (Å²) in [5.74, 6) is 0.384. The number of fused-ring (bicyclic) bond motifs is 6. The van der Waals surface area contributed by atoms with Crippen molar-refractivity contribution in [3.05, 3.63) is 125 Å². The van der Waals surface area contributed by atoms with Crippen molar-refractivity contribution in [3.8, 4) is 22.3 Å². The average molecular weight is 463 g/mol. The predicted molar refractivity (Wildman–Crippen MR) is 121 cm³/mol. The largest absolute Gasteiger partial charge is 0.187 e. The molecule has 0 radical (unpaired) electrons. The van der Waals surface area contributed by atoms with E-state index in [4.69, 9.17) is 0 Å². The maximum absolute atomic E-state index is 2.48. The summed E-state index contributed by atoms with van der Waals surface area (Å²) in [5, 5.41) is 0. The van der Waals surface area contributed by atoms with E-state index in [1.165, 1.54) is 55.6 Å². The van der Waals surface area contributed by atoms with E-state index in [0.29, 0.717) is 5.92 Å². The minimum Gasteiger partial charge on any atom is -0.187 e. The molecule has 0 nitrogen and oxygen atoms in total. The third-order valence-electron chi connectivity index (χ3n) is 6.69. The Morgan fingerprint density at radius 1 is 0.600 bits per heavy atom. The van der Waals surface area contributed by atoms with Gasteiger partial charge in [0.15, 0.2) is 0 Å². The van der Waals surface area contributed by atoms with Gasteiger partial charge in [0.05, 0.1) is 0 Å². The van der Waals surface area contributed by atoms with Gasteiger partial charge in [-0.3, -0.25) is 0 Å². The van der Waals surface area contributed by atoms with Gasteiger partial charge >= 0.3 is 0 Å². The zero-order chi connectivity index (χ0) is 19.4.